The number of amides is 6. The van der Waals surface area contributed by atoms with Crippen LogP contribution in [-0.2, 0) is 28.5 Å². The fraction of sp³-hybridized carbons (Fsp3) is 0.714. The first-order chi connectivity index (χ1) is 21.4. The second-order valence-electron chi connectivity index (χ2n) is 12.1. The Labute approximate surface area is 268 Å². The molecule has 0 radical (unpaired) electrons. The van der Waals surface area contributed by atoms with Crippen LogP contribution in [0.25, 0.3) is 0 Å². The highest BCUT2D eigenvalue weighted by Gasteiger charge is 2.25. The lowest BCUT2D eigenvalue weighted by Crippen LogP contribution is -2.53. The summed E-state index contributed by atoms with van der Waals surface area (Å²) in [5.74, 6) is -1.87. The van der Waals surface area contributed by atoms with Crippen molar-refractivity contribution in [3.05, 3.63) is 0 Å². The Hall–Kier alpha value is -4.64. The van der Waals surface area contributed by atoms with Gasteiger partial charge >= 0.3 is 36.2 Å². The van der Waals surface area contributed by atoms with Crippen LogP contribution < -0.4 is 31.9 Å². The smallest absolute Gasteiger partial charge is 0.414 e. The molecule has 1 rings (SSSR count). The zero-order chi connectivity index (χ0) is 34.9. The van der Waals surface area contributed by atoms with Gasteiger partial charge in [0, 0.05) is 13.1 Å². The van der Waals surface area contributed by atoms with Crippen LogP contribution in [0.3, 0.4) is 0 Å². The lowest BCUT2D eigenvalue weighted by molar-refractivity contribution is -0.143. The zero-order valence-corrected chi connectivity index (χ0v) is 27.8. The Morgan fingerprint density at radius 3 is 1.30 bits per heavy atom. The third-order valence-electron chi connectivity index (χ3n) is 5.63. The van der Waals surface area contributed by atoms with Crippen LogP contribution in [0.1, 0.15) is 80.1 Å². The van der Waals surface area contributed by atoms with E-state index in [1.807, 2.05) is 0 Å². The van der Waals surface area contributed by atoms with Crippen molar-refractivity contribution in [2.75, 3.05) is 27.3 Å². The van der Waals surface area contributed by atoms with E-state index in [1.54, 1.807) is 41.5 Å². The minimum Gasteiger partial charge on any atom is -0.467 e. The van der Waals surface area contributed by atoms with Gasteiger partial charge in [-0.25, -0.2) is 28.8 Å². The van der Waals surface area contributed by atoms with Gasteiger partial charge in [-0.2, -0.15) is 0 Å². The van der Waals surface area contributed by atoms with E-state index in [-0.39, 0.29) is 37.9 Å². The fourth-order valence-electron chi connectivity index (χ4n) is 3.71. The van der Waals surface area contributed by atoms with Crippen LogP contribution in [0.4, 0.5) is 19.2 Å². The number of esters is 2. The normalized spacial score (nSPS) is 19.6. The van der Waals surface area contributed by atoms with Crippen molar-refractivity contribution < 1.29 is 47.7 Å². The van der Waals surface area contributed by atoms with Crippen LogP contribution in [-0.4, -0.2) is 98.7 Å². The Morgan fingerprint density at radius 2 is 1.00 bits per heavy atom. The largest absolute Gasteiger partial charge is 0.467 e. The molecule has 260 valence electrons. The average Bonchev–Trinajstić information content (AvgIpc) is 2.91. The summed E-state index contributed by atoms with van der Waals surface area (Å²) < 4.78 is 20.1. The number of ether oxygens (including phenoxy) is 4. The third-order valence-corrected chi connectivity index (χ3v) is 5.63. The summed E-state index contributed by atoms with van der Waals surface area (Å²) in [6.45, 7) is 10.2. The number of rotatable bonds is 2. The molecule has 0 aromatic carbocycles. The summed E-state index contributed by atoms with van der Waals surface area (Å²) in [4.78, 5) is 83.6. The molecule has 0 aromatic rings. The second-order valence-corrected chi connectivity index (χ2v) is 12.1. The number of hydrogen-bond donors (Lipinski definition) is 6. The molecular formula is C28H48N8O10. The van der Waals surface area contributed by atoms with E-state index in [0.717, 1.165) is 0 Å². The molecule has 0 aliphatic carbocycles. The first-order valence-electron chi connectivity index (χ1n) is 14.8. The standard InChI is InChI=1S/C28H48N8O10/c1-27(2,3)45-25(41)35-21-29-15-11-9-13-18(20(38)44-8)32-24(40)34-22(36-26(42)46-28(4,5)6)30-16-12-10-14-17(19(37)43-7)31-23(39)33-21/h17-18H,9-16H2,1-8H3,(H3,29,31,33,35,39,41)(H3,30,32,34,36,40,42)/t17-,18?/m0/s1. The van der Waals surface area contributed by atoms with Gasteiger partial charge in [-0.15, -0.1) is 0 Å². The minimum absolute atomic E-state index is 0.0859. The number of nitrogens with zero attached hydrogens (tertiary/aromatic N) is 2. The third kappa shape index (κ3) is 17.6. The van der Waals surface area contributed by atoms with E-state index in [0.29, 0.717) is 25.7 Å². The van der Waals surface area contributed by atoms with Crippen LogP contribution in [0.2, 0.25) is 0 Å². The lowest BCUT2D eigenvalue weighted by atomic mass is 10.1. The predicted molar refractivity (Wildman–Crippen MR) is 166 cm³/mol. The van der Waals surface area contributed by atoms with Gasteiger partial charge < -0.3 is 29.6 Å². The molecule has 6 amide bonds. The zero-order valence-electron chi connectivity index (χ0n) is 27.8. The lowest BCUT2D eigenvalue weighted by Gasteiger charge is -2.21. The highest BCUT2D eigenvalue weighted by molar-refractivity contribution is 6.04. The maximum Gasteiger partial charge on any atom is 0.414 e. The number of hydrogen-bond acceptors (Lipinski definition) is 12. The molecule has 2 atom stereocenters. The van der Waals surface area contributed by atoms with Crippen molar-refractivity contribution in [1.82, 2.24) is 31.9 Å². The van der Waals surface area contributed by atoms with Crippen molar-refractivity contribution in [1.29, 1.82) is 0 Å². The molecule has 0 aromatic heterocycles. The van der Waals surface area contributed by atoms with E-state index < -0.39 is 59.5 Å². The highest BCUT2D eigenvalue weighted by Crippen LogP contribution is 2.09. The molecule has 0 spiro atoms. The van der Waals surface area contributed by atoms with Crippen LogP contribution in [0, 0.1) is 0 Å². The number of carbonyl (C=O) groups is 6. The fourth-order valence-corrected chi connectivity index (χ4v) is 3.71. The number of alkyl carbamates (subject to hydrolysis) is 2. The number of nitrogens with one attached hydrogen (secondary N) is 6. The molecule has 0 saturated heterocycles. The van der Waals surface area contributed by atoms with Crippen LogP contribution in [0.5, 0.6) is 0 Å². The second kappa shape index (κ2) is 19.0. The summed E-state index contributed by atoms with van der Waals surface area (Å²) in [6, 6.07) is -3.78. The van der Waals surface area contributed by atoms with Crippen molar-refractivity contribution in [2.24, 2.45) is 9.98 Å². The van der Waals surface area contributed by atoms with Crippen molar-refractivity contribution in [3.63, 3.8) is 0 Å². The maximum absolute atomic E-state index is 12.8. The minimum atomic E-state index is -1.05. The Morgan fingerprint density at radius 1 is 0.652 bits per heavy atom. The van der Waals surface area contributed by atoms with Gasteiger partial charge in [0.2, 0.25) is 11.9 Å². The van der Waals surface area contributed by atoms with E-state index in [9.17, 15) is 28.8 Å². The first-order valence-corrected chi connectivity index (χ1v) is 14.8. The summed E-state index contributed by atoms with van der Waals surface area (Å²) >= 11 is 0. The van der Waals surface area contributed by atoms with Crippen LogP contribution >= 0.6 is 0 Å². The molecule has 1 aliphatic heterocycles. The van der Waals surface area contributed by atoms with Crippen molar-refractivity contribution >= 4 is 48.1 Å². The Balaban J connectivity index is 3.24. The molecule has 1 aliphatic rings. The van der Waals surface area contributed by atoms with Gasteiger partial charge in [-0.1, -0.05) is 0 Å². The van der Waals surface area contributed by atoms with Gasteiger partial charge in [0.05, 0.1) is 14.2 Å². The van der Waals surface area contributed by atoms with E-state index in [2.05, 4.69) is 41.9 Å². The average molecular weight is 657 g/mol. The van der Waals surface area contributed by atoms with Gasteiger partial charge in [0.25, 0.3) is 0 Å². The Kier molecular flexibility index (Phi) is 16.3. The monoisotopic (exact) mass is 656 g/mol. The molecule has 0 bridgehead atoms. The molecule has 46 heavy (non-hydrogen) atoms. The topological polar surface area (TPSA) is 236 Å². The van der Waals surface area contributed by atoms with Crippen molar-refractivity contribution in [2.45, 2.75) is 103 Å². The number of urea groups is 2. The summed E-state index contributed by atoms with van der Waals surface area (Å²) in [5, 5.41) is 14.6. The molecule has 6 N–H and O–H groups in total. The number of aliphatic imine (C=N–C) groups is 2. The maximum atomic E-state index is 12.8. The summed E-state index contributed by atoms with van der Waals surface area (Å²) in [6.07, 6.45) is -0.0149. The van der Waals surface area contributed by atoms with E-state index in [1.165, 1.54) is 14.2 Å². The molecule has 0 saturated carbocycles. The van der Waals surface area contributed by atoms with Gasteiger partial charge in [-0.05, 0) is 80.1 Å². The molecule has 18 heteroatoms. The molecule has 1 unspecified atom stereocenters. The number of methoxy groups -OCH3 is 2. The highest BCUT2D eigenvalue weighted by atomic mass is 16.6. The molecule has 18 nitrogen and oxygen atoms in total. The van der Waals surface area contributed by atoms with E-state index in [4.69, 9.17) is 18.9 Å². The van der Waals surface area contributed by atoms with Gasteiger partial charge in [-0.3, -0.25) is 31.3 Å². The van der Waals surface area contributed by atoms with Crippen molar-refractivity contribution in [3.8, 4) is 0 Å². The Bertz CT molecular complexity index is 1060. The summed E-state index contributed by atoms with van der Waals surface area (Å²) in [5.41, 5.74) is -1.65. The van der Waals surface area contributed by atoms with Gasteiger partial charge in [0.1, 0.15) is 23.3 Å². The number of carbonyl (C=O) groups excluding carboxylic acids is 6. The summed E-state index contributed by atoms with van der Waals surface area (Å²) in [7, 11) is 2.35. The molecule has 0 fully saturated rings. The van der Waals surface area contributed by atoms with Gasteiger partial charge in [0.15, 0.2) is 0 Å². The van der Waals surface area contributed by atoms with Crippen LogP contribution in [0.15, 0.2) is 9.98 Å². The molecular weight excluding hydrogens is 608 g/mol. The predicted octanol–water partition coefficient (Wildman–Crippen LogP) is 1.78. The van der Waals surface area contributed by atoms with E-state index >= 15 is 0 Å². The number of guanidine groups is 2. The first kappa shape index (κ1) is 39.4. The SMILES string of the molecule is COC(=O)C1CCCCN=C(NC(=O)OC(C)(C)C)NC(=O)N[C@H](C(=O)OC)CCCCN=C(NC(=O)OC(C)(C)C)NC(=O)N1. The quantitative estimate of drug-likeness (QED) is 0.186. The molecule has 1 heterocycles.